The number of nitrogen functional groups attached to an aromatic ring is 1. The highest BCUT2D eigenvalue weighted by atomic mass is 79.9. The Kier molecular flexibility index (Phi) is 4.10. The van der Waals surface area contributed by atoms with Crippen molar-refractivity contribution in [3.8, 4) is 5.75 Å². The van der Waals surface area contributed by atoms with E-state index in [4.69, 9.17) is 10.5 Å². The first-order chi connectivity index (χ1) is 8.70. The van der Waals surface area contributed by atoms with Gasteiger partial charge in [0.05, 0.1) is 7.11 Å². The summed E-state index contributed by atoms with van der Waals surface area (Å²) in [6, 6.07) is 13.7. The monoisotopic (exact) mass is 306 g/mol. The number of nitrogens with two attached hydrogens (primary N) is 1. The molecule has 0 heterocycles. The molecule has 94 valence electrons. The summed E-state index contributed by atoms with van der Waals surface area (Å²) in [6.07, 6.45) is 0. The van der Waals surface area contributed by atoms with Crippen LogP contribution in [0.4, 0.5) is 11.4 Å². The third-order valence-electron chi connectivity index (χ3n) is 2.65. The molecule has 0 atom stereocenters. The number of halogens is 1. The van der Waals surface area contributed by atoms with E-state index in [-0.39, 0.29) is 0 Å². The fourth-order valence-electron chi connectivity index (χ4n) is 1.71. The Morgan fingerprint density at radius 2 is 2.00 bits per heavy atom. The van der Waals surface area contributed by atoms with Crippen molar-refractivity contribution >= 4 is 27.3 Å². The van der Waals surface area contributed by atoms with Gasteiger partial charge in [-0.1, -0.05) is 18.2 Å². The molecule has 0 fully saturated rings. The molecule has 0 radical (unpaired) electrons. The van der Waals surface area contributed by atoms with E-state index in [9.17, 15) is 0 Å². The van der Waals surface area contributed by atoms with Gasteiger partial charge in [-0.15, -0.1) is 0 Å². The number of anilines is 2. The first-order valence-electron chi connectivity index (χ1n) is 5.61. The summed E-state index contributed by atoms with van der Waals surface area (Å²) < 4.78 is 6.27. The van der Waals surface area contributed by atoms with Crippen LogP contribution >= 0.6 is 15.9 Å². The maximum atomic E-state index is 5.70. The van der Waals surface area contributed by atoms with Crippen LogP contribution in [-0.4, -0.2) is 7.11 Å². The van der Waals surface area contributed by atoms with Gasteiger partial charge in [0.15, 0.2) is 0 Å². The highest BCUT2D eigenvalue weighted by molar-refractivity contribution is 9.10. The predicted octanol–water partition coefficient (Wildman–Crippen LogP) is 3.65. The lowest BCUT2D eigenvalue weighted by Crippen LogP contribution is -2.02. The Bertz CT molecular complexity index is 543. The smallest absolute Gasteiger partial charge is 0.123 e. The Morgan fingerprint density at radius 3 is 2.72 bits per heavy atom. The molecule has 3 nitrogen and oxygen atoms in total. The molecule has 0 bridgehead atoms. The fourth-order valence-corrected chi connectivity index (χ4v) is 2.25. The van der Waals surface area contributed by atoms with E-state index in [1.54, 1.807) is 7.11 Å². The normalized spacial score (nSPS) is 10.1. The van der Waals surface area contributed by atoms with Gasteiger partial charge in [0, 0.05) is 28.0 Å². The lowest BCUT2D eigenvalue weighted by atomic mass is 10.2. The maximum Gasteiger partial charge on any atom is 0.123 e. The van der Waals surface area contributed by atoms with Gasteiger partial charge in [-0.2, -0.15) is 0 Å². The Hall–Kier alpha value is -1.68. The van der Waals surface area contributed by atoms with Crippen molar-refractivity contribution in [1.29, 1.82) is 0 Å². The molecule has 3 N–H and O–H groups in total. The molecule has 4 heteroatoms. The molecule has 0 saturated heterocycles. The average Bonchev–Trinajstić information content (AvgIpc) is 2.38. The molecule has 0 unspecified atom stereocenters. The van der Waals surface area contributed by atoms with Crippen molar-refractivity contribution in [2.45, 2.75) is 6.54 Å². The molecule has 0 aliphatic rings. The number of hydrogen-bond donors (Lipinski definition) is 2. The summed E-state index contributed by atoms with van der Waals surface area (Å²) in [6.45, 7) is 0.701. The summed E-state index contributed by atoms with van der Waals surface area (Å²) >= 11 is 3.48. The van der Waals surface area contributed by atoms with E-state index in [0.29, 0.717) is 6.54 Å². The van der Waals surface area contributed by atoms with Gasteiger partial charge in [0.1, 0.15) is 5.75 Å². The number of nitrogens with one attached hydrogen (secondary N) is 1. The Balaban J connectivity index is 2.11. The van der Waals surface area contributed by atoms with E-state index in [2.05, 4.69) is 21.2 Å². The SMILES string of the molecule is COc1ccccc1CNc1ccc(N)cc1Br. The van der Waals surface area contributed by atoms with Gasteiger partial charge in [-0.3, -0.25) is 0 Å². The summed E-state index contributed by atoms with van der Waals surface area (Å²) in [7, 11) is 1.68. The van der Waals surface area contributed by atoms with Crippen molar-refractivity contribution in [3.05, 3.63) is 52.5 Å². The van der Waals surface area contributed by atoms with Crippen molar-refractivity contribution in [2.24, 2.45) is 0 Å². The van der Waals surface area contributed by atoms with E-state index >= 15 is 0 Å². The first-order valence-corrected chi connectivity index (χ1v) is 6.41. The number of para-hydroxylation sites is 1. The average molecular weight is 307 g/mol. The largest absolute Gasteiger partial charge is 0.496 e. The first kappa shape index (κ1) is 12.8. The highest BCUT2D eigenvalue weighted by Gasteiger charge is 2.03. The van der Waals surface area contributed by atoms with Crippen LogP contribution in [-0.2, 0) is 6.54 Å². The van der Waals surface area contributed by atoms with Crippen LogP contribution in [0.3, 0.4) is 0 Å². The van der Waals surface area contributed by atoms with Crippen LogP contribution in [0.1, 0.15) is 5.56 Å². The van der Waals surface area contributed by atoms with E-state index in [1.165, 1.54) is 0 Å². The second-order valence-electron chi connectivity index (χ2n) is 3.90. The van der Waals surface area contributed by atoms with Crippen LogP contribution in [0.5, 0.6) is 5.75 Å². The molecule has 18 heavy (non-hydrogen) atoms. The fraction of sp³-hybridized carbons (Fsp3) is 0.143. The molecule has 0 aliphatic carbocycles. The highest BCUT2D eigenvalue weighted by Crippen LogP contribution is 2.26. The molecule has 0 spiro atoms. The Labute approximate surface area is 115 Å². The zero-order chi connectivity index (χ0) is 13.0. The molecular weight excluding hydrogens is 292 g/mol. The lowest BCUT2D eigenvalue weighted by Gasteiger charge is -2.12. The third kappa shape index (κ3) is 2.96. The van der Waals surface area contributed by atoms with Gasteiger partial charge in [0.25, 0.3) is 0 Å². The van der Waals surface area contributed by atoms with Crippen molar-refractivity contribution in [2.75, 3.05) is 18.2 Å². The quantitative estimate of drug-likeness (QED) is 0.848. The van der Waals surface area contributed by atoms with Gasteiger partial charge in [0.2, 0.25) is 0 Å². The predicted molar refractivity (Wildman–Crippen MR) is 78.9 cm³/mol. The Morgan fingerprint density at radius 1 is 1.22 bits per heavy atom. The second-order valence-corrected chi connectivity index (χ2v) is 4.76. The van der Waals surface area contributed by atoms with E-state index in [1.807, 2.05) is 42.5 Å². The minimum absolute atomic E-state index is 0.701. The zero-order valence-electron chi connectivity index (χ0n) is 10.1. The molecular formula is C14H15BrN2O. The molecule has 2 rings (SSSR count). The molecule has 2 aromatic rings. The van der Waals surface area contributed by atoms with Gasteiger partial charge in [-0.25, -0.2) is 0 Å². The molecule has 0 aliphatic heterocycles. The van der Waals surface area contributed by atoms with Crippen LogP contribution in [0.15, 0.2) is 46.9 Å². The van der Waals surface area contributed by atoms with Crippen LogP contribution in [0.2, 0.25) is 0 Å². The standard InChI is InChI=1S/C14H15BrN2O/c1-18-14-5-3-2-4-10(14)9-17-13-7-6-11(16)8-12(13)15/h2-8,17H,9,16H2,1H3. The van der Waals surface area contributed by atoms with Crippen molar-refractivity contribution in [1.82, 2.24) is 0 Å². The number of benzene rings is 2. The minimum atomic E-state index is 0.701. The van der Waals surface area contributed by atoms with E-state index < -0.39 is 0 Å². The van der Waals surface area contributed by atoms with Crippen LogP contribution < -0.4 is 15.8 Å². The summed E-state index contributed by atoms with van der Waals surface area (Å²) in [4.78, 5) is 0. The van der Waals surface area contributed by atoms with Gasteiger partial charge < -0.3 is 15.8 Å². The van der Waals surface area contributed by atoms with E-state index in [0.717, 1.165) is 27.2 Å². The summed E-state index contributed by atoms with van der Waals surface area (Å²) in [5, 5.41) is 3.35. The van der Waals surface area contributed by atoms with Crippen LogP contribution in [0, 0.1) is 0 Å². The number of ether oxygens (including phenoxy) is 1. The molecule has 2 aromatic carbocycles. The van der Waals surface area contributed by atoms with Crippen molar-refractivity contribution in [3.63, 3.8) is 0 Å². The number of methoxy groups -OCH3 is 1. The number of hydrogen-bond acceptors (Lipinski definition) is 3. The molecule has 0 amide bonds. The minimum Gasteiger partial charge on any atom is -0.496 e. The zero-order valence-corrected chi connectivity index (χ0v) is 11.7. The van der Waals surface area contributed by atoms with Gasteiger partial charge in [-0.05, 0) is 40.2 Å². The maximum absolute atomic E-state index is 5.70. The van der Waals surface area contributed by atoms with Gasteiger partial charge >= 0.3 is 0 Å². The topological polar surface area (TPSA) is 47.3 Å². The van der Waals surface area contributed by atoms with Crippen molar-refractivity contribution < 1.29 is 4.74 Å². The summed E-state index contributed by atoms with van der Waals surface area (Å²) in [5.41, 5.74) is 8.57. The lowest BCUT2D eigenvalue weighted by molar-refractivity contribution is 0.410. The molecule has 0 saturated carbocycles. The van der Waals surface area contributed by atoms with Crippen LogP contribution in [0.25, 0.3) is 0 Å². The summed E-state index contributed by atoms with van der Waals surface area (Å²) in [5.74, 6) is 0.886. The second kappa shape index (κ2) is 5.78. The third-order valence-corrected chi connectivity index (χ3v) is 3.31. The number of rotatable bonds is 4. The molecule has 0 aromatic heterocycles.